The van der Waals surface area contributed by atoms with Crippen molar-refractivity contribution in [3.8, 4) is 0 Å². The molecule has 0 aromatic carbocycles. The van der Waals surface area contributed by atoms with Gasteiger partial charge in [0.2, 0.25) is 5.91 Å². The quantitative estimate of drug-likeness (QED) is 0.596. The molecular weight excluding hydrogens is 270 g/mol. The number of nitrogens with zero attached hydrogens (tertiary/aromatic N) is 1. The number of ether oxygens (including phenoxy) is 1. The van der Waals surface area contributed by atoms with E-state index in [9.17, 15) is 9.59 Å². The lowest BCUT2D eigenvalue weighted by molar-refractivity contribution is -0.136. The first-order valence-corrected chi connectivity index (χ1v) is 6.60. The number of methoxy groups -OCH3 is 1. The molecule has 0 radical (unpaired) electrons. The summed E-state index contributed by atoms with van der Waals surface area (Å²) in [5.41, 5.74) is 0.479. The molecule has 0 spiro atoms. The predicted octanol–water partition coefficient (Wildman–Crippen LogP) is 0.333. The number of amides is 1. The van der Waals surface area contributed by atoms with Crippen LogP contribution >= 0.6 is 11.3 Å². The fourth-order valence-corrected chi connectivity index (χ4v) is 2.09. The van der Waals surface area contributed by atoms with Gasteiger partial charge in [0.25, 0.3) is 0 Å². The van der Waals surface area contributed by atoms with Gasteiger partial charge in [-0.05, 0) is 6.92 Å². The molecule has 0 aliphatic heterocycles. The van der Waals surface area contributed by atoms with Crippen LogP contribution in [0.1, 0.15) is 12.6 Å². The molecule has 0 saturated heterocycles. The Balaban J connectivity index is 2.42. The van der Waals surface area contributed by atoms with Gasteiger partial charge in [0.05, 0.1) is 18.7 Å². The zero-order chi connectivity index (χ0) is 14.3. The van der Waals surface area contributed by atoms with Gasteiger partial charge in [-0.3, -0.25) is 9.59 Å². The molecule has 1 rings (SSSR count). The number of anilines is 1. The number of carbonyl (C=O) groups excluding carboxylic acids is 1. The molecular formula is C11H17N3O4S. The summed E-state index contributed by atoms with van der Waals surface area (Å²) < 4.78 is 4.83. The van der Waals surface area contributed by atoms with Gasteiger partial charge in [-0.2, -0.15) is 0 Å². The minimum Gasteiger partial charge on any atom is -0.481 e. The van der Waals surface area contributed by atoms with Gasteiger partial charge in [-0.1, -0.05) is 0 Å². The number of aliphatic carboxylic acids is 1. The van der Waals surface area contributed by atoms with E-state index in [0.717, 1.165) is 0 Å². The van der Waals surface area contributed by atoms with Crippen molar-refractivity contribution in [3.05, 3.63) is 11.1 Å². The van der Waals surface area contributed by atoms with E-state index < -0.39 is 12.0 Å². The summed E-state index contributed by atoms with van der Waals surface area (Å²) in [5.74, 6) is -1.09. The zero-order valence-electron chi connectivity index (χ0n) is 10.8. The molecule has 1 atom stereocenters. The Kier molecular flexibility index (Phi) is 6.23. The molecule has 0 fully saturated rings. The van der Waals surface area contributed by atoms with Crippen LogP contribution in [-0.4, -0.2) is 48.3 Å². The lowest BCUT2D eigenvalue weighted by Gasteiger charge is -2.12. The van der Waals surface area contributed by atoms with E-state index in [1.807, 2.05) is 0 Å². The highest BCUT2D eigenvalue weighted by molar-refractivity contribution is 7.13. The Morgan fingerprint density at radius 2 is 2.32 bits per heavy atom. The maximum Gasteiger partial charge on any atom is 0.309 e. The maximum absolute atomic E-state index is 11.7. The van der Waals surface area contributed by atoms with Crippen molar-refractivity contribution in [1.82, 2.24) is 10.3 Å². The van der Waals surface area contributed by atoms with Crippen LogP contribution in [0.3, 0.4) is 0 Å². The Morgan fingerprint density at radius 3 is 2.95 bits per heavy atom. The molecule has 1 aromatic heterocycles. The molecule has 1 unspecified atom stereocenters. The number of carbonyl (C=O) groups is 2. The monoisotopic (exact) mass is 287 g/mol. The average molecular weight is 287 g/mol. The number of hydrogen-bond donors (Lipinski definition) is 3. The number of rotatable bonds is 8. The predicted molar refractivity (Wildman–Crippen MR) is 71.4 cm³/mol. The van der Waals surface area contributed by atoms with Crippen molar-refractivity contribution >= 4 is 28.3 Å². The Bertz CT molecular complexity index is 435. The maximum atomic E-state index is 11.7. The summed E-state index contributed by atoms with van der Waals surface area (Å²) in [6.45, 7) is 2.61. The second-order valence-corrected chi connectivity index (χ2v) is 4.72. The number of hydrogen-bond acceptors (Lipinski definition) is 6. The third-order valence-corrected chi connectivity index (χ3v) is 3.05. The normalized spacial score (nSPS) is 11.9. The number of carboxylic acid groups (broad SMARTS) is 1. The van der Waals surface area contributed by atoms with Gasteiger partial charge in [-0.25, -0.2) is 4.98 Å². The van der Waals surface area contributed by atoms with Gasteiger partial charge in [0.1, 0.15) is 6.04 Å². The van der Waals surface area contributed by atoms with Crippen LogP contribution in [0, 0.1) is 0 Å². The summed E-state index contributed by atoms with van der Waals surface area (Å²) in [6, 6.07) is -0.444. The number of carboxylic acids is 1. The largest absolute Gasteiger partial charge is 0.481 e. The van der Waals surface area contributed by atoms with E-state index in [1.165, 1.54) is 11.3 Å². The first kappa shape index (κ1) is 15.4. The summed E-state index contributed by atoms with van der Waals surface area (Å²) in [7, 11) is 1.56. The second kappa shape index (κ2) is 7.70. The molecule has 8 heteroatoms. The van der Waals surface area contributed by atoms with E-state index in [2.05, 4.69) is 15.6 Å². The van der Waals surface area contributed by atoms with Crippen LogP contribution < -0.4 is 10.6 Å². The van der Waals surface area contributed by atoms with Crippen molar-refractivity contribution in [2.24, 2.45) is 0 Å². The summed E-state index contributed by atoms with van der Waals surface area (Å²) >= 11 is 1.28. The van der Waals surface area contributed by atoms with Gasteiger partial charge in [-0.15, -0.1) is 11.3 Å². The smallest absolute Gasteiger partial charge is 0.309 e. The third-order valence-electron chi connectivity index (χ3n) is 2.22. The van der Waals surface area contributed by atoms with Crippen LogP contribution in [0.15, 0.2) is 5.38 Å². The number of aromatic nitrogens is 1. The topological polar surface area (TPSA) is 101 Å². The molecule has 0 saturated carbocycles. The molecule has 1 heterocycles. The Morgan fingerprint density at radius 1 is 1.58 bits per heavy atom. The standard InChI is InChI=1S/C11H17N3O4S/c1-7(10(17)12-3-4-18-2)13-11-14-8(6-19-11)5-9(15)16/h6-7H,3-5H2,1-2H3,(H,12,17)(H,13,14)(H,15,16). The molecule has 19 heavy (non-hydrogen) atoms. The highest BCUT2D eigenvalue weighted by Crippen LogP contribution is 2.16. The molecule has 1 amide bonds. The molecule has 106 valence electrons. The SMILES string of the molecule is COCCNC(=O)C(C)Nc1nc(CC(=O)O)cs1. The highest BCUT2D eigenvalue weighted by atomic mass is 32.1. The molecule has 0 bridgehead atoms. The van der Waals surface area contributed by atoms with E-state index in [-0.39, 0.29) is 12.3 Å². The fraction of sp³-hybridized carbons (Fsp3) is 0.545. The third kappa shape index (κ3) is 5.66. The Labute approximate surface area is 115 Å². The van der Waals surface area contributed by atoms with E-state index in [0.29, 0.717) is 24.0 Å². The van der Waals surface area contributed by atoms with Crippen molar-refractivity contribution < 1.29 is 19.4 Å². The highest BCUT2D eigenvalue weighted by Gasteiger charge is 2.14. The van der Waals surface area contributed by atoms with Gasteiger partial charge >= 0.3 is 5.97 Å². The number of thiazole rings is 1. The molecule has 0 aliphatic carbocycles. The molecule has 7 nitrogen and oxygen atoms in total. The lowest BCUT2D eigenvalue weighted by Crippen LogP contribution is -2.39. The second-order valence-electron chi connectivity index (χ2n) is 3.86. The van der Waals surface area contributed by atoms with E-state index >= 15 is 0 Å². The minimum absolute atomic E-state index is 0.118. The molecule has 0 aliphatic rings. The van der Waals surface area contributed by atoms with Crippen LogP contribution in [0.5, 0.6) is 0 Å². The van der Waals surface area contributed by atoms with Crippen molar-refractivity contribution in [3.63, 3.8) is 0 Å². The van der Waals surface area contributed by atoms with Gasteiger partial charge in [0, 0.05) is 19.0 Å². The molecule has 1 aromatic rings. The number of nitrogens with one attached hydrogen (secondary N) is 2. The van der Waals surface area contributed by atoms with E-state index in [4.69, 9.17) is 9.84 Å². The zero-order valence-corrected chi connectivity index (χ0v) is 11.6. The van der Waals surface area contributed by atoms with Crippen molar-refractivity contribution in [1.29, 1.82) is 0 Å². The Hall–Kier alpha value is -1.67. The van der Waals surface area contributed by atoms with Crippen LogP contribution in [0.4, 0.5) is 5.13 Å². The van der Waals surface area contributed by atoms with Crippen LogP contribution in [0.2, 0.25) is 0 Å². The van der Waals surface area contributed by atoms with Gasteiger partial charge in [0.15, 0.2) is 5.13 Å². The van der Waals surface area contributed by atoms with Crippen molar-refractivity contribution in [2.45, 2.75) is 19.4 Å². The summed E-state index contributed by atoms with van der Waals surface area (Å²) in [6.07, 6.45) is -0.118. The first-order chi connectivity index (χ1) is 9.02. The minimum atomic E-state index is -0.929. The van der Waals surface area contributed by atoms with Gasteiger partial charge < -0.3 is 20.5 Å². The van der Waals surface area contributed by atoms with Crippen LogP contribution in [-0.2, 0) is 20.7 Å². The first-order valence-electron chi connectivity index (χ1n) is 5.72. The fourth-order valence-electron chi connectivity index (χ4n) is 1.29. The van der Waals surface area contributed by atoms with Crippen molar-refractivity contribution in [2.75, 3.05) is 25.6 Å². The summed E-state index contributed by atoms with van der Waals surface area (Å²) in [5, 5.41) is 16.4. The lowest BCUT2D eigenvalue weighted by atomic mass is 10.3. The molecule has 3 N–H and O–H groups in total. The average Bonchev–Trinajstić information content (AvgIpc) is 2.75. The summed E-state index contributed by atoms with van der Waals surface area (Å²) in [4.78, 5) is 26.3. The van der Waals surface area contributed by atoms with Crippen LogP contribution in [0.25, 0.3) is 0 Å². The van der Waals surface area contributed by atoms with E-state index in [1.54, 1.807) is 19.4 Å².